The van der Waals surface area contributed by atoms with E-state index in [-0.39, 0.29) is 29.6 Å². The molecule has 1 saturated heterocycles. The molecule has 1 aliphatic rings. The Morgan fingerprint density at radius 3 is 2.24 bits per heavy atom. The molecule has 2 N–H and O–H groups in total. The van der Waals surface area contributed by atoms with Crippen LogP contribution in [0.25, 0.3) is 0 Å². The summed E-state index contributed by atoms with van der Waals surface area (Å²) in [5.74, 6) is -0.244. The summed E-state index contributed by atoms with van der Waals surface area (Å²) >= 11 is 0. The van der Waals surface area contributed by atoms with Gasteiger partial charge in [-0.25, -0.2) is 13.1 Å². The predicted molar refractivity (Wildman–Crippen MR) is 129 cm³/mol. The molecule has 7 nitrogen and oxygen atoms in total. The fourth-order valence-electron chi connectivity index (χ4n) is 4.08. The average Bonchev–Trinajstić information content (AvgIpc) is 2.70. The first-order valence-electron chi connectivity index (χ1n) is 11.3. The fraction of sp³-hybridized carbons (Fsp3) is 0.480. The second kappa shape index (κ2) is 10.3. The van der Waals surface area contributed by atoms with E-state index in [1.165, 1.54) is 0 Å². The summed E-state index contributed by atoms with van der Waals surface area (Å²) in [7, 11) is -3.70. The van der Waals surface area contributed by atoms with Gasteiger partial charge in [0.1, 0.15) is 0 Å². The van der Waals surface area contributed by atoms with Crippen LogP contribution in [-0.2, 0) is 27.8 Å². The molecular weight excluding hydrogens is 438 g/mol. The van der Waals surface area contributed by atoms with E-state index < -0.39 is 15.6 Å². The van der Waals surface area contributed by atoms with Crippen LogP contribution in [0.2, 0.25) is 0 Å². The third kappa shape index (κ3) is 7.37. The van der Waals surface area contributed by atoms with Crippen molar-refractivity contribution in [3.63, 3.8) is 0 Å². The van der Waals surface area contributed by atoms with Gasteiger partial charge < -0.3 is 10.1 Å². The van der Waals surface area contributed by atoms with Crippen LogP contribution >= 0.6 is 0 Å². The molecule has 2 aromatic carbocycles. The lowest BCUT2D eigenvalue weighted by Crippen LogP contribution is -2.44. The van der Waals surface area contributed by atoms with Crippen molar-refractivity contribution < 1.29 is 17.9 Å². The van der Waals surface area contributed by atoms with Crippen molar-refractivity contribution in [2.75, 3.05) is 13.1 Å². The lowest BCUT2D eigenvalue weighted by molar-refractivity contribution is -0.0704. The van der Waals surface area contributed by atoms with Gasteiger partial charge in [0.2, 0.25) is 10.0 Å². The quantitative estimate of drug-likeness (QED) is 0.644. The number of morpholine rings is 1. The molecule has 0 aliphatic carbocycles. The minimum Gasteiger partial charge on any atom is -0.373 e. The number of amides is 1. The Kier molecular flexibility index (Phi) is 7.95. The van der Waals surface area contributed by atoms with Gasteiger partial charge in [0.15, 0.2) is 0 Å². The number of hydrogen-bond acceptors (Lipinski definition) is 5. The Bertz CT molecular complexity index is 1050. The summed E-state index contributed by atoms with van der Waals surface area (Å²) < 4.78 is 34.0. The highest BCUT2D eigenvalue weighted by atomic mass is 32.2. The Hall–Kier alpha value is -2.26. The Balaban J connectivity index is 1.63. The van der Waals surface area contributed by atoms with E-state index in [0.29, 0.717) is 11.1 Å². The van der Waals surface area contributed by atoms with Crippen LogP contribution < -0.4 is 10.0 Å². The van der Waals surface area contributed by atoms with Gasteiger partial charge in [0, 0.05) is 37.3 Å². The first-order valence-corrected chi connectivity index (χ1v) is 12.8. The zero-order chi connectivity index (χ0) is 24.2. The van der Waals surface area contributed by atoms with E-state index in [9.17, 15) is 13.2 Å². The van der Waals surface area contributed by atoms with E-state index >= 15 is 0 Å². The molecule has 0 spiro atoms. The smallest absolute Gasteiger partial charge is 0.251 e. The Morgan fingerprint density at radius 1 is 1.03 bits per heavy atom. The molecule has 0 bridgehead atoms. The number of nitrogens with zero attached hydrogens (tertiary/aromatic N) is 1. The number of carbonyl (C=O) groups excluding carboxylic acids is 1. The molecule has 1 aliphatic heterocycles. The molecule has 180 valence electrons. The maximum Gasteiger partial charge on any atom is 0.251 e. The molecule has 0 radical (unpaired) electrons. The molecule has 3 rings (SSSR count). The largest absolute Gasteiger partial charge is 0.373 e. The number of benzene rings is 2. The van der Waals surface area contributed by atoms with Crippen LogP contribution in [0, 0.1) is 0 Å². The third-order valence-electron chi connectivity index (χ3n) is 5.26. The van der Waals surface area contributed by atoms with Gasteiger partial charge >= 0.3 is 0 Å². The zero-order valence-electron chi connectivity index (χ0n) is 20.1. The summed E-state index contributed by atoms with van der Waals surface area (Å²) in [6, 6.07) is 14.2. The normalized spacial score (nSPS) is 19.9. The topological polar surface area (TPSA) is 87.7 Å². The van der Waals surface area contributed by atoms with Crippen molar-refractivity contribution in [2.45, 2.75) is 70.4 Å². The number of carbonyl (C=O) groups is 1. The van der Waals surface area contributed by atoms with Crippen LogP contribution in [-0.4, -0.2) is 50.1 Å². The van der Waals surface area contributed by atoms with Crippen LogP contribution in [0.15, 0.2) is 53.4 Å². The van der Waals surface area contributed by atoms with Crippen molar-refractivity contribution in [1.82, 2.24) is 14.9 Å². The standard InChI is InChI=1S/C25H35N3O4S/c1-18-15-28(16-19(2)32-18)17-20-10-12-21(13-11-20)24(29)26-14-22-8-6-7-9-23(22)33(30,31)27-25(3,4)5/h6-13,18-19,27H,14-17H2,1-5H3,(H,26,29). The number of rotatable bonds is 7. The molecular formula is C25H35N3O4S. The van der Waals surface area contributed by atoms with Gasteiger partial charge in [-0.15, -0.1) is 0 Å². The number of sulfonamides is 1. The second-order valence-electron chi connectivity index (χ2n) is 9.79. The molecule has 2 aromatic rings. The molecule has 2 unspecified atom stereocenters. The van der Waals surface area contributed by atoms with Gasteiger partial charge in [-0.3, -0.25) is 9.69 Å². The minimum atomic E-state index is -3.70. The number of hydrogen-bond donors (Lipinski definition) is 2. The van der Waals surface area contributed by atoms with Crippen LogP contribution in [0.3, 0.4) is 0 Å². The molecule has 2 atom stereocenters. The van der Waals surface area contributed by atoms with Gasteiger partial charge in [-0.2, -0.15) is 0 Å². The van der Waals surface area contributed by atoms with E-state index in [1.807, 2.05) is 24.3 Å². The zero-order valence-corrected chi connectivity index (χ0v) is 20.9. The minimum absolute atomic E-state index is 0.116. The van der Waals surface area contributed by atoms with Crippen LogP contribution in [0.1, 0.15) is 56.1 Å². The van der Waals surface area contributed by atoms with Crippen molar-refractivity contribution >= 4 is 15.9 Å². The Morgan fingerprint density at radius 2 is 1.64 bits per heavy atom. The maximum absolute atomic E-state index is 12.8. The van der Waals surface area contributed by atoms with E-state index in [4.69, 9.17) is 4.74 Å². The van der Waals surface area contributed by atoms with Crippen LogP contribution in [0.4, 0.5) is 0 Å². The molecule has 8 heteroatoms. The van der Waals surface area contributed by atoms with Gasteiger partial charge in [0.05, 0.1) is 17.1 Å². The highest BCUT2D eigenvalue weighted by Gasteiger charge is 2.25. The number of ether oxygens (including phenoxy) is 1. The third-order valence-corrected chi connectivity index (χ3v) is 7.12. The predicted octanol–water partition coefficient (Wildman–Crippen LogP) is 3.30. The lowest BCUT2D eigenvalue weighted by Gasteiger charge is -2.35. The van der Waals surface area contributed by atoms with Gasteiger partial charge in [-0.05, 0) is 63.9 Å². The summed E-state index contributed by atoms with van der Waals surface area (Å²) in [6.45, 7) is 12.2. The first kappa shape index (κ1) is 25.4. The van der Waals surface area contributed by atoms with E-state index in [0.717, 1.165) is 25.2 Å². The Labute approximate surface area is 197 Å². The van der Waals surface area contributed by atoms with Crippen molar-refractivity contribution in [3.05, 3.63) is 65.2 Å². The van der Waals surface area contributed by atoms with Crippen LogP contribution in [0.5, 0.6) is 0 Å². The SMILES string of the molecule is CC1CN(Cc2ccc(C(=O)NCc3ccccc3S(=O)(=O)NC(C)(C)C)cc2)CC(C)O1. The fourth-order valence-corrected chi connectivity index (χ4v) is 5.74. The van der Waals surface area contributed by atoms with E-state index in [2.05, 4.69) is 28.8 Å². The molecule has 1 amide bonds. The molecule has 1 fully saturated rings. The summed E-state index contributed by atoms with van der Waals surface area (Å²) in [5.41, 5.74) is 1.61. The number of nitrogens with one attached hydrogen (secondary N) is 2. The highest BCUT2D eigenvalue weighted by molar-refractivity contribution is 7.89. The van der Waals surface area contributed by atoms with Crippen molar-refractivity contribution in [2.24, 2.45) is 0 Å². The monoisotopic (exact) mass is 473 g/mol. The molecule has 0 saturated carbocycles. The second-order valence-corrected chi connectivity index (χ2v) is 11.4. The van der Waals surface area contributed by atoms with E-state index in [1.54, 1.807) is 45.0 Å². The van der Waals surface area contributed by atoms with Crippen molar-refractivity contribution in [1.29, 1.82) is 0 Å². The molecule has 1 heterocycles. The first-order chi connectivity index (χ1) is 15.4. The summed E-state index contributed by atoms with van der Waals surface area (Å²) in [5, 5.41) is 2.84. The van der Waals surface area contributed by atoms with Gasteiger partial charge in [-0.1, -0.05) is 30.3 Å². The maximum atomic E-state index is 12.8. The summed E-state index contributed by atoms with van der Waals surface area (Å²) in [6.07, 6.45) is 0.424. The summed E-state index contributed by atoms with van der Waals surface area (Å²) in [4.78, 5) is 15.2. The van der Waals surface area contributed by atoms with Crippen molar-refractivity contribution in [3.8, 4) is 0 Å². The lowest BCUT2D eigenvalue weighted by atomic mass is 10.1. The molecule has 0 aromatic heterocycles. The highest BCUT2D eigenvalue weighted by Crippen LogP contribution is 2.18. The molecule has 33 heavy (non-hydrogen) atoms. The van der Waals surface area contributed by atoms with Gasteiger partial charge in [0.25, 0.3) is 5.91 Å². The average molecular weight is 474 g/mol.